The fourth-order valence-electron chi connectivity index (χ4n) is 2.49. The Labute approximate surface area is 102 Å². The molecule has 0 aromatic heterocycles. The van der Waals surface area contributed by atoms with E-state index in [-0.39, 0.29) is 0 Å². The zero-order chi connectivity index (χ0) is 12.1. The fourth-order valence-corrected chi connectivity index (χ4v) is 2.49. The van der Waals surface area contributed by atoms with Gasteiger partial charge in [0.15, 0.2) is 0 Å². The molecule has 0 saturated heterocycles. The van der Waals surface area contributed by atoms with E-state index in [1.54, 1.807) is 0 Å². The smallest absolute Gasteiger partial charge is 0.323 e. The minimum absolute atomic E-state index is 0.632. The quantitative estimate of drug-likeness (QED) is 0.840. The minimum Gasteiger partial charge on any atom is -0.480 e. The standard InChI is InChI=1S/C14H19NO2/c16-13(17)14(9-5-2-6-10-14)15-11-12-7-3-1-4-8-12/h1,3-4,7-8,15H,2,5-6,9-11H2,(H,16,17). The van der Waals surface area contributed by atoms with Crippen molar-refractivity contribution < 1.29 is 9.90 Å². The Kier molecular flexibility index (Phi) is 3.79. The van der Waals surface area contributed by atoms with Crippen LogP contribution in [0.1, 0.15) is 37.7 Å². The Balaban J connectivity index is 2.01. The Morgan fingerprint density at radius 2 is 1.82 bits per heavy atom. The molecule has 3 heteroatoms. The lowest BCUT2D eigenvalue weighted by atomic mass is 9.81. The molecule has 2 N–H and O–H groups in total. The lowest BCUT2D eigenvalue weighted by molar-refractivity contribution is -0.146. The van der Waals surface area contributed by atoms with Crippen molar-refractivity contribution >= 4 is 5.97 Å². The summed E-state index contributed by atoms with van der Waals surface area (Å²) in [5.41, 5.74) is 0.437. The molecule has 0 amide bonds. The van der Waals surface area contributed by atoms with Gasteiger partial charge in [-0.25, -0.2) is 0 Å². The number of carboxylic acid groups (broad SMARTS) is 1. The maximum absolute atomic E-state index is 11.4. The number of benzene rings is 1. The second-order valence-corrected chi connectivity index (χ2v) is 4.79. The van der Waals surface area contributed by atoms with E-state index in [4.69, 9.17) is 0 Å². The summed E-state index contributed by atoms with van der Waals surface area (Å²) in [6.45, 7) is 0.632. The molecule has 0 atom stereocenters. The molecule has 0 unspecified atom stereocenters. The molecule has 2 rings (SSSR count). The molecule has 0 radical (unpaired) electrons. The molecule has 1 aromatic rings. The van der Waals surface area contributed by atoms with E-state index >= 15 is 0 Å². The zero-order valence-electron chi connectivity index (χ0n) is 9.98. The van der Waals surface area contributed by atoms with Gasteiger partial charge in [-0.05, 0) is 18.4 Å². The first-order valence-electron chi connectivity index (χ1n) is 6.25. The molecule has 1 aromatic carbocycles. The van der Waals surface area contributed by atoms with Crippen LogP contribution in [0.4, 0.5) is 0 Å². The fraction of sp³-hybridized carbons (Fsp3) is 0.500. The maximum atomic E-state index is 11.4. The van der Waals surface area contributed by atoms with Crippen molar-refractivity contribution in [3.8, 4) is 0 Å². The largest absolute Gasteiger partial charge is 0.480 e. The molecule has 0 spiro atoms. The molecule has 1 aliphatic rings. The molecule has 1 saturated carbocycles. The van der Waals surface area contributed by atoms with Crippen LogP contribution in [0.15, 0.2) is 30.3 Å². The Bertz CT molecular complexity index is 369. The highest BCUT2D eigenvalue weighted by Crippen LogP contribution is 2.28. The van der Waals surface area contributed by atoms with Crippen LogP contribution in [0.3, 0.4) is 0 Å². The molecular formula is C14H19NO2. The number of carbonyl (C=O) groups is 1. The zero-order valence-corrected chi connectivity index (χ0v) is 9.98. The summed E-state index contributed by atoms with van der Waals surface area (Å²) in [5, 5.41) is 12.7. The predicted octanol–water partition coefficient (Wildman–Crippen LogP) is 2.56. The number of rotatable bonds is 4. The van der Waals surface area contributed by atoms with E-state index in [1.165, 1.54) is 0 Å². The van der Waals surface area contributed by atoms with Gasteiger partial charge in [0.05, 0.1) is 0 Å². The summed E-state index contributed by atoms with van der Waals surface area (Å²) < 4.78 is 0. The average Bonchev–Trinajstić information content (AvgIpc) is 2.38. The van der Waals surface area contributed by atoms with Crippen molar-refractivity contribution in [2.45, 2.75) is 44.2 Å². The average molecular weight is 233 g/mol. The van der Waals surface area contributed by atoms with Gasteiger partial charge in [0, 0.05) is 6.54 Å². The van der Waals surface area contributed by atoms with Crippen LogP contribution in [0.5, 0.6) is 0 Å². The van der Waals surface area contributed by atoms with Gasteiger partial charge < -0.3 is 5.11 Å². The van der Waals surface area contributed by atoms with Gasteiger partial charge in [-0.1, -0.05) is 49.6 Å². The minimum atomic E-state index is -0.701. The number of aliphatic carboxylic acids is 1. The van der Waals surface area contributed by atoms with Gasteiger partial charge in [-0.3, -0.25) is 10.1 Å². The van der Waals surface area contributed by atoms with Crippen molar-refractivity contribution in [1.82, 2.24) is 5.32 Å². The van der Waals surface area contributed by atoms with Crippen molar-refractivity contribution in [2.24, 2.45) is 0 Å². The first-order valence-corrected chi connectivity index (χ1v) is 6.25. The number of hydrogen-bond acceptors (Lipinski definition) is 2. The molecule has 92 valence electrons. The van der Waals surface area contributed by atoms with Crippen molar-refractivity contribution in [2.75, 3.05) is 0 Å². The number of hydrogen-bond donors (Lipinski definition) is 2. The SMILES string of the molecule is O=C(O)C1(NCc2ccccc2)CCCCC1. The van der Waals surface area contributed by atoms with E-state index in [0.29, 0.717) is 6.54 Å². The van der Waals surface area contributed by atoms with Gasteiger partial charge in [-0.2, -0.15) is 0 Å². The third-order valence-electron chi connectivity index (χ3n) is 3.59. The molecule has 1 aliphatic carbocycles. The van der Waals surface area contributed by atoms with Gasteiger partial charge in [0.2, 0.25) is 0 Å². The molecule has 17 heavy (non-hydrogen) atoms. The lowest BCUT2D eigenvalue weighted by Crippen LogP contribution is -2.52. The summed E-state index contributed by atoms with van der Waals surface area (Å²) in [7, 11) is 0. The van der Waals surface area contributed by atoms with Crippen LogP contribution >= 0.6 is 0 Å². The van der Waals surface area contributed by atoms with Crippen LogP contribution in [0.2, 0.25) is 0 Å². The maximum Gasteiger partial charge on any atom is 0.323 e. The topological polar surface area (TPSA) is 49.3 Å². The Morgan fingerprint density at radius 3 is 2.41 bits per heavy atom. The highest BCUT2D eigenvalue weighted by Gasteiger charge is 2.38. The van der Waals surface area contributed by atoms with Gasteiger partial charge >= 0.3 is 5.97 Å². The first-order chi connectivity index (χ1) is 8.23. The molecule has 0 heterocycles. The lowest BCUT2D eigenvalue weighted by Gasteiger charge is -2.34. The Morgan fingerprint density at radius 1 is 1.18 bits per heavy atom. The van der Waals surface area contributed by atoms with Crippen LogP contribution in [0, 0.1) is 0 Å². The van der Waals surface area contributed by atoms with Gasteiger partial charge in [0.25, 0.3) is 0 Å². The van der Waals surface area contributed by atoms with Gasteiger partial charge in [-0.15, -0.1) is 0 Å². The van der Waals surface area contributed by atoms with Crippen LogP contribution in [-0.4, -0.2) is 16.6 Å². The molecule has 1 fully saturated rings. The second-order valence-electron chi connectivity index (χ2n) is 4.79. The van der Waals surface area contributed by atoms with Crippen molar-refractivity contribution in [3.63, 3.8) is 0 Å². The molecule has 0 aliphatic heterocycles. The van der Waals surface area contributed by atoms with Crippen molar-refractivity contribution in [1.29, 1.82) is 0 Å². The number of carboxylic acids is 1. The summed E-state index contributed by atoms with van der Waals surface area (Å²) in [5.74, 6) is -0.701. The van der Waals surface area contributed by atoms with E-state index in [9.17, 15) is 9.90 Å². The van der Waals surface area contributed by atoms with Crippen LogP contribution in [-0.2, 0) is 11.3 Å². The summed E-state index contributed by atoms with van der Waals surface area (Å²) >= 11 is 0. The number of nitrogens with one attached hydrogen (secondary N) is 1. The summed E-state index contributed by atoms with van der Waals surface area (Å²) in [6.07, 6.45) is 4.66. The summed E-state index contributed by atoms with van der Waals surface area (Å²) in [4.78, 5) is 11.4. The predicted molar refractivity (Wildman–Crippen MR) is 66.7 cm³/mol. The highest BCUT2D eigenvalue weighted by atomic mass is 16.4. The third-order valence-corrected chi connectivity index (χ3v) is 3.59. The van der Waals surface area contributed by atoms with E-state index in [1.807, 2.05) is 30.3 Å². The molecule has 3 nitrogen and oxygen atoms in total. The van der Waals surface area contributed by atoms with E-state index < -0.39 is 11.5 Å². The third kappa shape index (κ3) is 2.86. The monoisotopic (exact) mass is 233 g/mol. The molecule has 0 bridgehead atoms. The highest BCUT2D eigenvalue weighted by molar-refractivity contribution is 5.78. The normalized spacial score (nSPS) is 18.8. The Hall–Kier alpha value is -1.35. The van der Waals surface area contributed by atoms with Crippen LogP contribution in [0.25, 0.3) is 0 Å². The van der Waals surface area contributed by atoms with Gasteiger partial charge in [0.1, 0.15) is 5.54 Å². The van der Waals surface area contributed by atoms with Crippen molar-refractivity contribution in [3.05, 3.63) is 35.9 Å². The summed E-state index contributed by atoms with van der Waals surface area (Å²) in [6, 6.07) is 9.96. The van der Waals surface area contributed by atoms with E-state index in [0.717, 1.165) is 37.7 Å². The van der Waals surface area contributed by atoms with E-state index in [2.05, 4.69) is 5.32 Å². The van der Waals surface area contributed by atoms with Crippen LogP contribution < -0.4 is 5.32 Å². The first kappa shape index (κ1) is 12.1. The molecular weight excluding hydrogens is 214 g/mol. The second kappa shape index (κ2) is 5.32.